The Labute approximate surface area is 132 Å². The first-order chi connectivity index (χ1) is 10.8. The van der Waals surface area contributed by atoms with Crippen LogP contribution in [0, 0.1) is 0 Å². The molecule has 108 valence electrons. The van der Waals surface area contributed by atoms with Crippen LogP contribution < -0.4 is 5.32 Å². The fourth-order valence-corrected chi connectivity index (χ4v) is 2.87. The molecule has 22 heavy (non-hydrogen) atoms. The average Bonchev–Trinajstić information content (AvgIpc) is 3.10. The van der Waals surface area contributed by atoms with Gasteiger partial charge in [0.2, 0.25) is 0 Å². The lowest BCUT2D eigenvalue weighted by molar-refractivity contribution is 0.102. The molecule has 2 aromatic carbocycles. The summed E-state index contributed by atoms with van der Waals surface area (Å²) in [6.45, 7) is 0. The molecule has 0 fully saturated rings. The molecule has 0 radical (unpaired) electrons. The van der Waals surface area contributed by atoms with Gasteiger partial charge in [-0.3, -0.25) is 9.59 Å². The highest BCUT2D eigenvalue weighted by atomic mass is 32.1. The van der Waals surface area contributed by atoms with Crippen molar-refractivity contribution < 1.29 is 9.59 Å². The zero-order chi connectivity index (χ0) is 15.4. The summed E-state index contributed by atoms with van der Waals surface area (Å²) in [4.78, 5) is 24.5. The van der Waals surface area contributed by atoms with Crippen LogP contribution in [-0.4, -0.2) is 12.2 Å². The molecule has 0 spiro atoms. The number of benzene rings is 2. The third kappa shape index (κ3) is 2.97. The van der Waals surface area contributed by atoms with Crippen molar-refractivity contribution >= 4 is 29.2 Å². The zero-order valence-corrected chi connectivity index (χ0v) is 12.5. The van der Waals surface area contributed by atoms with E-state index in [9.17, 15) is 9.59 Å². The van der Waals surface area contributed by atoms with Gasteiger partial charge in [-0.2, -0.15) is 0 Å². The first-order valence-electron chi connectivity index (χ1n) is 6.77. The molecular formula is C18H13NO2S. The molecule has 1 heterocycles. The van der Waals surface area contributed by atoms with E-state index in [0.717, 1.165) is 16.7 Å². The van der Waals surface area contributed by atoms with Crippen molar-refractivity contribution in [1.29, 1.82) is 0 Å². The summed E-state index contributed by atoms with van der Waals surface area (Å²) < 4.78 is 0. The number of amides is 1. The number of anilines is 1. The maximum Gasteiger partial charge on any atom is 0.255 e. The Bertz CT molecular complexity index is 795. The molecule has 1 amide bonds. The predicted octanol–water partition coefficient (Wildman–Crippen LogP) is 4.48. The molecule has 3 rings (SSSR count). The number of aldehydes is 1. The number of rotatable bonds is 4. The normalized spacial score (nSPS) is 10.2. The van der Waals surface area contributed by atoms with Gasteiger partial charge in [0, 0.05) is 16.0 Å². The summed E-state index contributed by atoms with van der Waals surface area (Å²) in [5, 5.41) is 4.81. The van der Waals surface area contributed by atoms with Gasteiger partial charge in [-0.1, -0.05) is 30.3 Å². The molecule has 0 bridgehead atoms. The number of carbonyl (C=O) groups excluding carboxylic acids is 2. The van der Waals surface area contributed by atoms with Gasteiger partial charge in [0.25, 0.3) is 5.91 Å². The third-order valence-corrected chi connectivity index (χ3v) is 4.19. The highest BCUT2D eigenvalue weighted by molar-refractivity contribution is 7.13. The van der Waals surface area contributed by atoms with Crippen LogP contribution in [0.1, 0.15) is 20.7 Å². The molecule has 3 nitrogen and oxygen atoms in total. The molecular weight excluding hydrogens is 294 g/mol. The quantitative estimate of drug-likeness (QED) is 0.722. The van der Waals surface area contributed by atoms with E-state index >= 15 is 0 Å². The number of thiophene rings is 1. The van der Waals surface area contributed by atoms with Crippen molar-refractivity contribution in [2.45, 2.75) is 0 Å². The molecule has 0 aliphatic carbocycles. The number of hydrogen-bond donors (Lipinski definition) is 1. The van der Waals surface area contributed by atoms with Crippen LogP contribution in [0.15, 0.2) is 66.0 Å². The van der Waals surface area contributed by atoms with Gasteiger partial charge in [-0.05, 0) is 41.3 Å². The molecule has 0 aliphatic rings. The minimum Gasteiger partial charge on any atom is -0.321 e. The Balaban J connectivity index is 1.93. The minimum absolute atomic E-state index is 0.230. The van der Waals surface area contributed by atoms with Crippen molar-refractivity contribution in [2.24, 2.45) is 0 Å². The van der Waals surface area contributed by atoms with Gasteiger partial charge in [0.1, 0.15) is 0 Å². The van der Waals surface area contributed by atoms with Crippen LogP contribution in [0.2, 0.25) is 0 Å². The van der Waals surface area contributed by atoms with E-state index in [1.54, 1.807) is 41.7 Å². The second-order valence-corrected chi connectivity index (χ2v) is 5.67. The number of hydrogen-bond acceptors (Lipinski definition) is 3. The molecule has 0 saturated carbocycles. The van der Waals surface area contributed by atoms with Gasteiger partial charge in [-0.15, -0.1) is 11.3 Å². The fraction of sp³-hybridized carbons (Fsp3) is 0. The highest BCUT2D eigenvalue weighted by Crippen LogP contribution is 2.28. The lowest BCUT2D eigenvalue weighted by Gasteiger charge is -2.09. The summed E-state index contributed by atoms with van der Waals surface area (Å²) in [6, 6.07) is 18.3. The summed E-state index contributed by atoms with van der Waals surface area (Å²) in [6.07, 6.45) is 0.749. The highest BCUT2D eigenvalue weighted by Gasteiger charge is 2.10. The van der Waals surface area contributed by atoms with Crippen LogP contribution >= 0.6 is 11.3 Å². The molecule has 4 heteroatoms. The smallest absolute Gasteiger partial charge is 0.255 e. The van der Waals surface area contributed by atoms with E-state index in [2.05, 4.69) is 5.32 Å². The predicted molar refractivity (Wildman–Crippen MR) is 89.5 cm³/mol. The molecule has 0 unspecified atom stereocenters. The van der Waals surface area contributed by atoms with Crippen molar-refractivity contribution in [1.82, 2.24) is 0 Å². The van der Waals surface area contributed by atoms with Crippen LogP contribution in [0.25, 0.3) is 10.4 Å². The van der Waals surface area contributed by atoms with Crippen molar-refractivity contribution in [2.75, 3.05) is 5.32 Å². The SMILES string of the molecule is O=Cc1ccc(-c2cccs2)cc1NC(=O)c1ccccc1. The second-order valence-electron chi connectivity index (χ2n) is 4.72. The van der Waals surface area contributed by atoms with Gasteiger partial charge < -0.3 is 5.32 Å². The Morgan fingerprint density at radius 3 is 2.50 bits per heavy atom. The molecule has 3 aromatic rings. The lowest BCUT2D eigenvalue weighted by Crippen LogP contribution is -2.13. The van der Waals surface area contributed by atoms with E-state index in [-0.39, 0.29) is 5.91 Å². The standard InChI is InChI=1S/C18H13NO2S/c20-12-15-9-8-14(17-7-4-10-22-17)11-16(15)19-18(21)13-5-2-1-3-6-13/h1-12H,(H,19,21). The fourth-order valence-electron chi connectivity index (χ4n) is 2.15. The topological polar surface area (TPSA) is 46.2 Å². The van der Waals surface area contributed by atoms with Gasteiger partial charge in [-0.25, -0.2) is 0 Å². The first-order valence-corrected chi connectivity index (χ1v) is 7.65. The van der Waals surface area contributed by atoms with E-state index in [1.807, 2.05) is 35.7 Å². The zero-order valence-electron chi connectivity index (χ0n) is 11.7. The number of nitrogens with one attached hydrogen (secondary N) is 1. The summed E-state index contributed by atoms with van der Waals surface area (Å²) >= 11 is 1.61. The van der Waals surface area contributed by atoms with Crippen molar-refractivity contribution in [3.05, 3.63) is 77.2 Å². The molecule has 0 aliphatic heterocycles. The Hall–Kier alpha value is -2.72. The molecule has 1 N–H and O–H groups in total. The molecule has 1 aromatic heterocycles. The van der Waals surface area contributed by atoms with Gasteiger partial charge >= 0.3 is 0 Å². The van der Waals surface area contributed by atoms with E-state index in [1.165, 1.54) is 0 Å². The Morgan fingerprint density at radius 1 is 1.00 bits per heavy atom. The Morgan fingerprint density at radius 2 is 1.82 bits per heavy atom. The van der Waals surface area contributed by atoms with E-state index < -0.39 is 0 Å². The van der Waals surface area contributed by atoms with Crippen LogP contribution in [0.5, 0.6) is 0 Å². The van der Waals surface area contributed by atoms with Crippen LogP contribution in [0.4, 0.5) is 5.69 Å². The minimum atomic E-state index is -0.230. The average molecular weight is 307 g/mol. The Kier molecular flexibility index (Phi) is 4.12. The maximum absolute atomic E-state index is 12.3. The summed E-state index contributed by atoms with van der Waals surface area (Å²) in [5.74, 6) is -0.230. The van der Waals surface area contributed by atoms with Gasteiger partial charge in [0.15, 0.2) is 6.29 Å². The monoisotopic (exact) mass is 307 g/mol. The molecule has 0 atom stereocenters. The summed E-state index contributed by atoms with van der Waals surface area (Å²) in [7, 11) is 0. The summed E-state index contributed by atoms with van der Waals surface area (Å²) in [5.41, 5.74) is 2.52. The maximum atomic E-state index is 12.3. The van der Waals surface area contributed by atoms with E-state index in [4.69, 9.17) is 0 Å². The van der Waals surface area contributed by atoms with Crippen molar-refractivity contribution in [3.8, 4) is 10.4 Å². The first kappa shape index (κ1) is 14.2. The van der Waals surface area contributed by atoms with Gasteiger partial charge in [0.05, 0.1) is 5.69 Å². The molecule has 0 saturated heterocycles. The largest absolute Gasteiger partial charge is 0.321 e. The third-order valence-electron chi connectivity index (χ3n) is 3.27. The van der Waals surface area contributed by atoms with Crippen LogP contribution in [-0.2, 0) is 0 Å². The van der Waals surface area contributed by atoms with E-state index in [0.29, 0.717) is 16.8 Å². The second kappa shape index (κ2) is 6.37. The van der Waals surface area contributed by atoms with Crippen molar-refractivity contribution in [3.63, 3.8) is 0 Å². The van der Waals surface area contributed by atoms with Crippen LogP contribution in [0.3, 0.4) is 0 Å². The lowest BCUT2D eigenvalue weighted by atomic mass is 10.1. The number of carbonyl (C=O) groups is 2.